The van der Waals surface area contributed by atoms with Crippen molar-refractivity contribution in [3.63, 3.8) is 0 Å². The maximum atomic E-state index is 10.6. The molecule has 0 amide bonds. The third-order valence-electron chi connectivity index (χ3n) is 2.19. The molecular formula is C11H15O2S-. The van der Waals surface area contributed by atoms with E-state index in [4.69, 9.17) is 0 Å². The van der Waals surface area contributed by atoms with E-state index in [1.54, 1.807) is 0 Å². The number of rotatable bonds is 5. The van der Waals surface area contributed by atoms with Gasteiger partial charge in [-0.1, -0.05) is 48.7 Å². The molecule has 0 saturated carbocycles. The van der Waals surface area contributed by atoms with Gasteiger partial charge < -0.3 is 4.55 Å². The molecule has 0 bridgehead atoms. The van der Waals surface area contributed by atoms with Crippen LogP contribution in [0.5, 0.6) is 0 Å². The third kappa shape index (κ3) is 3.60. The average Bonchev–Trinajstić information content (AvgIpc) is 2.16. The normalized spacial score (nSPS) is 12.7. The molecular weight excluding hydrogens is 196 g/mol. The maximum absolute atomic E-state index is 10.6. The van der Waals surface area contributed by atoms with Crippen LogP contribution in [-0.4, -0.2) is 8.76 Å². The molecule has 0 aliphatic heterocycles. The van der Waals surface area contributed by atoms with E-state index in [0.717, 1.165) is 24.8 Å². The van der Waals surface area contributed by atoms with E-state index < -0.39 is 11.1 Å². The van der Waals surface area contributed by atoms with Crippen LogP contribution in [0.2, 0.25) is 0 Å². The van der Waals surface area contributed by atoms with Crippen LogP contribution in [0.3, 0.4) is 0 Å². The van der Waals surface area contributed by atoms with Gasteiger partial charge >= 0.3 is 0 Å². The van der Waals surface area contributed by atoms with Gasteiger partial charge in [-0.05, 0) is 24.0 Å². The second kappa shape index (κ2) is 5.94. The Kier molecular flexibility index (Phi) is 4.84. The second-order valence-electron chi connectivity index (χ2n) is 3.32. The van der Waals surface area contributed by atoms with Gasteiger partial charge in [-0.25, -0.2) is 0 Å². The minimum Gasteiger partial charge on any atom is -0.772 e. The molecule has 0 aliphatic carbocycles. The predicted molar refractivity (Wildman–Crippen MR) is 57.7 cm³/mol. The first-order chi connectivity index (χ1) is 6.74. The Morgan fingerprint density at radius 1 is 1.29 bits per heavy atom. The predicted octanol–water partition coefficient (Wildman–Crippen LogP) is 2.41. The molecule has 0 N–H and O–H groups in total. The van der Waals surface area contributed by atoms with E-state index in [1.807, 2.05) is 24.3 Å². The van der Waals surface area contributed by atoms with E-state index in [2.05, 4.69) is 6.92 Å². The Labute approximate surface area is 87.6 Å². The molecule has 0 heterocycles. The molecule has 1 aromatic rings. The smallest absolute Gasteiger partial charge is 0.0355 e. The van der Waals surface area contributed by atoms with Crippen LogP contribution in [0, 0.1) is 0 Å². The lowest BCUT2D eigenvalue weighted by Crippen LogP contribution is -1.98. The van der Waals surface area contributed by atoms with Crippen molar-refractivity contribution in [1.82, 2.24) is 0 Å². The van der Waals surface area contributed by atoms with Gasteiger partial charge in [0.25, 0.3) is 0 Å². The molecule has 2 nitrogen and oxygen atoms in total. The van der Waals surface area contributed by atoms with Crippen LogP contribution in [0.25, 0.3) is 0 Å². The van der Waals surface area contributed by atoms with E-state index in [9.17, 15) is 8.76 Å². The topological polar surface area (TPSA) is 40.1 Å². The lowest BCUT2D eigenvalue weighted by Gasteiger charge is -2.10. The van der Waals surface area contributed by atoms with E-state index >= 15 is 0 Å². The molecule has 1 aromatic carbocycles. The van der Waals surface area contributed by atoms with Crippen LogP contribution in [0.4, 0.5) is 0 Å². The first kappa shape index (κ1) is 11.4. The van der Waals surface area contributed by atoms with Gasteiger partial charge in [0.1, 0.15) is 0 Å². The summed E-state index contributed by atoms with van der Waals surface area (Å²) in [6.07, 6.45) is 3.22. The van der Waals surface area contributed by atoms with Gasteiger partial charge in [-0.3, -0.25) is 4.21 Å². The molecule has 0 fully saturated rings. The zero-order chi connectivity index (χ0) is 10.4. The maximum Gasteiger partial charge on any atom is 0.0355 e. The fraction of sp³-hybridized carbons (Fsp3) is 0.455. The Balaban J connectivity index is 2.74. The van der Waals surface area contributed by atoms with Gasteiger partial charge in [-0.15, -0.1) is 0 Å². The highest BCUT2D eigenvalue weighted by atomic mass is 32.2. The number of benzene rings is 1. The minimum atomic E-state index is -1.98. The lowest BCUT2D eigenvalue weighted by molar-refractivity contribution is 0.536. The van der Waals surface area contributed by atoms with Crippen LogP contribution in [0.1, 0.15) is 30.9 Å². The Morgan fingerprint density at radius 2 is 1.93 bits per heavy atom. The molecule has 1 atom stereocenters. The SMILES string of the molecule is CCCCc1ccccc1CS(=O)[O-]. The Hall–Kier alpha value is -0.670. The van der Waals surface area contributed by atoms with Crippen LogP contribution < -0.4 is 0 Å². The fourth-order valence-corrected chi connectivity index (χ4v) is 1.97. The van der Waals surface area contributed by atoms with E-state index in [-0.39, 0.29) is 5.75 Å². The molecule has 78 valence electrons. The molecule has 3 heteroatoms. The molecule has 1 unspecified atom stereocenters. The van der Waals surface area contributed by atoms with Crippen LogP contribution >= 0.6 is 0 Å². The van der Waals surface area contributed by atoms with E-state index in [0.29, 0.717) is 0 Å². The largest absolute Gasteiger partial charge is 0.772 e. The monoisotopic (exact) mass is 211 g/mol. The average molecular weight is 211 g/mol. The van der Waals surface area contributed by atoms with Gasteiger partial charge in [0.2, 0.25) is 0 Å². The van der Waals surface area contributed by atoms with Crippen molar-refractivity contribution < 1.29 is 8.76 Å². The minimum absolute atomic E-state index is 0.139. The summed E-state index contributed by atoms with van der Waals surface area (Å²) >= 11 is -1.98. The highest BCUT2D eigenvalue weighted by Gasteiger charge is 2.00. The zero-order valence-electron chi connectivity index (χ0n) is 8.36. The van der Waals surface area contributed by atoms with Gasteiger partial charge in [0, 0.05) is 5.75 Å². The van der Waals surface area contributed by atoms with Crippen molar-refractivity contribution in [2.75, 3.05) is 0 Å². The molecule has 0 radical (unpaired) electrons. The van der Waals surface area contributed by atoms with Crippen molar-refractivity contribution >= 4 is 11.1 Å². The summed E-state index contributed by atoms with van der Waals surface area (Å²) in [5, 5.41) is 0. The van der Waals surface area contributed by atoms with Crippen molar-refractivity contribution in [2.45, 2.75) is 31.9 Å². The summed E-state index contributed by atoms with van der Waals surface area (Å²) in [5.74, 6) is 0.139. The zero-order valence-corrected chi connectivity index (χ0v) is 9.18. The third-order valence-corrected chi connectivity index (χ3v) is 2.74. The summed E-state index contributed by atoms with van der Waals surface area (Å²) in [6.45, 7) is 2.13. The van der Waals surface area contributed by atoms with Crippen molar-refractivity contribution in [1.29, 1.82) is 0 Å². The van der Waals surface area contributed by atoms with E-state index in [1.165, 1.54) is 5.56 Å². The van der Waals surface area contributed by atoms with Gasteiger partial charge in [0.05, 0.1) is 0 Å². The summed E-state index contributed by atoms with van der Waals surface area (Å²) in [7, 11) is 0. The number of hydrogen-bond acceptors (Lipinski definition) is 2. The summed E-state index contributed by atoms with van der Waals surface area (Å²) in [6, 6.07) is 7.75. The van der Waals surface area contributed by atoms with Crippen molar-refractivity contribution in [3.05, 3.63) is 35.4 Å². The highest BCUT2D eigenvalue weighted by molar-refractivity contribution is 7.78. The van der Waals surface area contributed by atoms with Crippen molar-refractivity contribution in [2.24, 2.45) is 0 Å². The summed E-state index contributed by atoms with van der Waals surface area (Å²) in [5.41, 5.74) is 2.10. The lowest BCUT2D eigenvalue weighted by atomic mass is 10.0. The van der Waals surface area contributed by atoms with Gasteiger partial charge in [-0.2, -0.15) is 0 Å². The number of aryl methyl sites for hydroxylation is 1. The molecule has 0 aliphatic rings. The highest BCUT2D eigenvalue weighted by Crippen LogP contribution is 2.13. The van der Waals surface area contributed by atoms with Crippen LogP contribution in [-0.2, 0) is 23.3 Å². The molecule has 1 rings (SSSR count). The number of hydrogen-bond donors (Lipinski definition) is 0. The molecule has 0 saturated heterocycles. The number of unbranched alkanes of at least 4 members (excludes halogenated alkanes) is 1. The molecule has 0 spiro atoms. The fourth-order valence-electron chi connectivity index (χ4n) is 1.44. The Morgan fingerprint density at radius 3 is 2.50 bits per heavy atom. The first-order valence-corrected chi connectivity index (χ1v) is 6.11. The standard InChI is InChI=1S/C11H16O2S/c1-2-3-6-10-7-4-5-8-11(10)9-14(12)13/h4-5,7-8H,2-3,6,9H2,1H3,(H,12,13)/p-1. The Bertz CT molecular complexity index is 310. The quantitative estimate of drug-likeness (QED) is 0.702. The summed E-state index contributed by atoms with van der Waals surface area (Å²) < 4.78 is 21.2. The second-order valence-corrected chi connectivity index (χ2v) is 4.22. The summed E-state index contributed by atoms with van der Waals surface area (Å²) in [4.78, 5) is 0. The molecule has 0 aromatic heterocycles. The van der Waals surface area contributed by atoms with Gasteiger partial charge in [0.15, 0.2) is 0 Å². The first-order valence-electron chi connectivity index (χ1n) is 4.86. The molecule has 14 heavy (non-hydrogen) atoms. The van der Waals surface area contributed by atoms with Crippen molar-refractivity contribution in [3.8, 4) is 0 Å². The van der Waals surface area contributed by atoms with Crippen LogP contribution in [0.15, 0.2) is 24.3 Å².